The highest BCUT2D eigenvalue weighted by Gasteiger charge is 2.29. The fourth-order valence-corrected chi connectivity index (χ4v) is 4.57. The van der Waals surface area contributed by atoms with Crippen LogP contribution in [-0.2, 0) is 36.8 Å². The number of carboxylic acid groups (broad SMARTS) is 1. The molecule has 0 saturated heterocycles. The Morgan fingerprint density at radius 2 is 1.50 bits per heavy atom. The van der Waals surface area contributed by atoms with Gasteiger partial charge in [0, 0.05) is 11.6 Å². The quantitative estimate of drug-likeness (QED) is 0.359. The van der Waals surface area contributed by atoms with E-state index in [0.717, 1.165) is 22.3 Å². The molecule has 0 fully saturated rings. The molecular formula is C30H31NO7. The second-order valence-corrected chi connectivity index (χ2v) is 10.1. The van der Waals surface area contributed by atoms with Crippen LogP contribution in [0.2, 0.25) is 0 Å². The van der Waals surface area contributed by atoms with Gasteiger partial charge in [0.05, 0.1) is 13.0 Å². The normalized spacial score (nSPS) is 12.4. The van der Waals surface area contributed by atoms with Crippen molar-refractivity contribution in [2.24, 2.45) is 0 Å². The number of nitrogens with one attached hydrogen (secondary N) is 1. The number of hydrogen-bond donors (Lipinski definition) is 2. The number of aliphatic carboxylic acids is 1. The average molecular weight is 518 g/mol. The van der Waals surface area contributed by atoms with Crippen molar-refractivity contribution in [3.05, 3.63) is 89.0 Å². The van der Waals surface area contributed by atoms with Gasteiger partial charge in [0.2, 0.25) is 0 Å². The predicted octanol–water partition coefficient (Wildman–Crippen LogP) is 5.53. The van der Waals surface area contributed by atoms with E-state index in [1.807, 2.05) is 36.4 Å². The molecule has 8 nitrogen and oxygen atoms in total. The number of carbonyl (C=O) groups excluding carboxylic acids is 2. The van der Waals surface area contributed by atoms with E-state index in [0.29, 0.717) is 16.8 Å². The zero-order chi connectivity index (χ0) is 27.3. The third-order valence-electron chi connectivity index (χ3n) is 5.91. The number of hydrogen-bond acceptors (Lipinski definition) is 6. The first-order valence-electron chi connectivity index (χ1n) is 12.4. The smallest absolute Gasteiger partial charge is 0.411 e. The monoisotopic (exact) mass is 517 g/mol. The number of ether oxygens (including phenoxy) is 3. The summed E-state index contributed by atoms with van der Waals surface area (Å²) in [6.07, 6.45) is -0.890. The Labute approximate surface area is 221 Å². The molecule has 3 aromatic carbocycles. The molecule has 2 N–H and O–H groups in total. The van der Waals surface area contributed by atoms with Gasteiger partial charge in [0.25, 0.3) is 0 Å². The molecule has 0 saturated carbocycles. The summed E-state index contributed by atoms with van der Waals surface area (Å²) in [6.45, 7) is 5.23. The molecule has 0 aromatic heterocycles. The van der Waals surface area contributed by atoms with Crippen LogP contribution in [0.5, 0.6) is 0 Å². The highest BCUT2D eigenvalue weighted by atomic mass is 16.6. The summed E-state index contributed by atoms with van der Waals surface area (Å²) in [6, 6.07) is 21.0. The highest BCUT2D eigenvalue weighted by molar-refractivity contribution is 5.85. The van der Waals surface area contributed by atoms with Crippen molar-refractivity contribution < 1.29 is 33.7 Å². The lowest BCUT2D eigenvalue weighted by atomic mass is 9.98. The van der Waals surface area contributed by atoms with Crippen molar-refractivity contribution in [1.29, 1.82) is 0 Å². The molecule has 1 amide bonds. The Morgan fingerprint density at radius 3 is 2.11 bits per heavy atom. The topological polar surface area (TPSA) is 111 Å². The third-order valence-corrected chi connectivity index (χ3v) is 5.91. The van der Waals surface area contributed by atoms with Crippen LogP contribution in [0.25, 0.3) is 11.1 Å². The van der Waals surface area contributed by atoms with E-state index in [4.69, 9.17) is 14.2 Å². The molecule has 198 valence electrons. The fourth-order valence-electron chi connectivity index (χ4n) is 4.57. The lowest BCUT2D eigenvalue weighted by Gasteiger charge is -2.19. The van der Waals surface area contributed by atoms with Crippen LogP contribution in [0.4, 0.5) is 10.5 Å². The molecule has 0 heterocycles. The van der Waals surface area contributed by atoms with Crippen LogP contribution < -0.4 is 5.32 Å². The molecule has 38 heavy (non-hydrogen) atoms. The average Bonchev–Trinajstić information content (AvgIpc) is 3.15. The Bertz CT molecular complexity index is 1300. The van der Waals surface area contributed by atoms with Gasteiger partial charge in [-0.2, -0.15) is 0 Å². The Morgan fingerprint density at radius 1 is 0.895 bits per heavy atom. The number of amides is 1. The third kappa shape index (κ3) is 6.98. The van der Waals surface area contributed by atoms with Crippen molar-refractivity contribution in [3.63, 3.8) is 0 Å². The molecular weight excluding hydrogens is 486 g/mol. The number of carboxylic acids is 1. The standard InChI is InChI=1S/C30H31NO7/c1-30(2,3)38-28(34)18-36-16-20-12-19(15-27(32)33)13-21(14-20)31-29(35)37-17-26-24-10-6-4-8-22(24)23-9-5-7-11-25(23)26/h4-14,26H,15-18H2,1-3H3,(H,31,35)(H,32,33). The van der Waals surface area contributed by atoms with Crippen molar-refractivity contribution in [1.82, 2.24) is 0 Å². The van der Waals surface area contributed by atoms with Gasteiger partial charge in [-0.25, -0.2) is 9.59 Å². The second kappa shape index (κ2) is 11.5. The number of rotatable bonds is 9. The minimum Gasteiger partial charge on any atom is -0.481 e. The molecule has 0 unspecified atom stereocenters. The minimum atomic E-state index is -1.01. The van der Waals surface area contributed by atoms with Crippen LogP contribution in [0.15, 0.2) is 66.7 Å². The summed E-state index contributed by atoms with van der Waals surface area (Å²) in [5.74, 6) is -1.59. The summed E-state index contributed by atoms with van der Waals surface area (Å²) in [5, 5.41) is 11.9. The van der Waals surface area contributed by atoms with Crippen LogP contribution >= 0.6 is 0 Å². The molecule has 1 aliphatic rings. The van der Waals surface area contributed by atoms with E-state index in [1.54, 1.807) is 39.0 Å². The Balaban J connectivity index is 1.41. The first-order chi connectivity index (χ1) is 18.1. The van der Waals surface area contributed by atoms with Gasteiger partial charge < -0.3 is 19.3 Å². The maximum absolute atomic E-state index is 12.7. The fraction of sp³-hybridized carbons (Fsp3) is 0.300. The van der Waals surface area contributed by atoms with Crippen LogP contribution in [0.3, 0.4) is 0 Å². The summed E-state index contributed by atoms with van der Waals surface area (Å²) < 4.78 is 16.3. The van der Waals surface area contributed by atoms with Gasteiger partial charge in [-0.05, 0) is 66.3 Å². The molecule has 0 aliphatic heterocycles. The number of benzene rings is 3. The van der Waals surface area contributed by atoms with Crippen molar-refractivity contribution in [3.8, 4) is 11.1 Å². The lowest BCUT2D eigenvalue weighted by molar-refractivity contribution is -0.160. The van der Waals surface area contributed by atoms with Crippen LogP contribution in [-0.4, -0.2) is 42.0 Å². The maximum atomic E-state index is 12.7. The van der Waals surface area contributed by atoms with E-state index < -0.39 is 23.6 Å². The second-order valence-electron chi connectivity index (χ2n) is 10.1. The number of esters is 1. The van der Waals surface area contributed by atoms with Gasteiger partial charge >= 0.3 is 18.0 Å². The molecule has 0 bridgehead atoms. The lowest BCUT2D eigenvalue weighted by Crippen LogP contribution is -2.26. The summed E-state index contributed by atoms with van der Waals surface area (Å²) in [4.78, 5) is 35.9. The van der Waals surface area contributed by atoms with E-state index in [2.05, 4.69) is 17.4 Å². The summed E-state index contributed by atoms with van der Waals surface area (Å²) >= 11 is 0. The summed E-state index contributed by atoms with van der Waals surface area (Å²) in [5.41, 5.74) is 5.30. The Hall–Kier alpha value is -4.17. The zero-order valence-corrected chi connectivity index (χ0v) is 21.7. The van der Waals surface area contributed by atoms with Gasteiger partial charge in [-0.15, -0.1) is 0 Å². The van der Waals surface area contributed by atoms with E-state index in [1.165, 1.54) is 0 Å². The summed E-state index contributed by atoms with van der Waals surface area (Å²) in [7, 11) is 0. The first-order valence-corrected chi connectivity index (χ1v) is 12.4. The molecule has 3 aromatic rings. The first kappa shape index (κ1) is 26.9. The van der Waals surface area contributed by atoms with Crippen molar-refractivity contribution >= 4 is 23.7 Å². The van der Waals surface area contributed by atoms with Gasteiger partial charge in [0.1, 0.15) is 18.8 Å². The number of fused-ring (bicyclic) bond motifs is 3. The number of anilines is 1. The van der Waals surface area contributed by atoms with E-state index in [9.17, 15) is 19.5 Å². The Kier molecular flexibility index (Phi) is 8.12. The zero-order valence-electron chi connectivity index (χ0n) is 21.7. The van der Waals surface area contributed by atoms with E-state index in [-0.39, 0.29) is 32.2 Å². The minimum absolute atomic E-state index is 0.0338. The van der Waals surface area contributed by atoms with E-state index >= 15 is 0 Å². The van der Waals surface area contributed by atoms with Crippen molar-refractivity contribution in [2.75, 3.05) is 18.5 Å². The molecule has 4 rings (SSSR count). The molecule has 8 heteroatoms. The number of carbonyl (C=O) groups is 3. The van der Waals surface area contributed by atoms with Crippen LogP contribution in [0.1, 0.15) is 48.9 Å². The largest absolute Gasteiger partial charge is 0.481 e. The van der Waals surface area contributed by atoms with Gasteiger partial charge in [0.15, 0.2) is 0 Å². The van der Waals surface area contributed by atoms with Crippen LogP contribution in [0, 0.1) is 0 Å². The molecule has 1 aliphatic carbocycles. The van der Waals surface area contributed by atoms with Gasteiger partial charge in [-0.1, -0.05) is 54.6 Å². The highest BCUT2D eigenvalue weighted by Crippen LogP contribution is 2.44. The predicted molar refractivity (Wildman–Crippen MR) is 142 cm³/mol. The molecule has 0 radical (unpaired) electrons. The van der Waals surface area contributed by atoms with Crippen molar-refractivity contribution in [2.45, 2.75) is 45.3 Å². The molecule has 0 spiro atoms. The SMILES string of the molecule is CC(C)(C)OC(=O)COCc1cc(CC(=O)O)cc(NC(=O)OCC2c3ccccc3-c3ccccc32)c1. The molecule has 0 atom stereocenters. The maximum Gasteiger partial charge on any atom is 0.411 e. The van der Waals surface area contributed by atoms with Gasteiger partial charge in [-0.3, -0.25) is 10.1 Å².